The number of hydrogen-bond donors (Lipinski definition) is 2. The second kappa shape index (κ2) is 6.69. The maximum atomic E-state index is 12.6. The number of hydrazine groups is 1. The van der Waals surface area contributed by atoms with Crippen LogP contribution in [0.2, 0.25) is 0 Å². The van der Waals surface area contributed by atoms with Crippen LogP contribution in [-0.2, 0) is 10.0 Å². The van der Waals surface area contributed by atoms with Gasteiger partial charge in [0.15, 0.2) is 0 Å². The van der Waals surface area contributed by atoms with Gasteiger partial charge in [-0.1, -0.05) is 6.92 Å². The van der Waals surface area contributed by atoms with E-state index in [1.807, 2.05) is 0 Å². The van der Waals surface area contributed by atoms with Gasteiger partial charge in [-0.15, -0.1) is 0 Å². The highest BCUT2D eigenvalue weighted by Crippen LogP contribution is 2.20. The molecule has 1 aliphatic heterocycles. The maximum absolute atomic E-state index is 12.6. The Morgan fingerprint density at radius 1 is 1.38 bits per heavy atom. The van der Waals surface area contributed by atoms with Crippen LogP contribution in [0.25, 0.3) is 0 Å². The first-order chi connectivity index (χ1) is 9.98. The van der Waals surface area contributed by atoms with Crippen molar-refractivity contribution in [1.82, 2.24) is 14.2 Å². The number of hydrogen-bond acceptors (Lipinski definition) is 6. The predicted octanol–water partition coefficient (Wildman–Crippen LogP) is 0.472. The third-order valence-corrected chi connectivity index (χ3v) is 5.90. The highest BCUT2D eigenvalue weighted by Gasteiger charge is 2.29. The zero-order valence-electron chi connectivity index (χ0n) is 12.5. The van der Waals surface area contributed by atoms with Crippen molar-refractivity contribution in [2.24, 2.45) is 5.84 Å². The summed E-state index contributed by atoms with van der Waals surface area (Å²) in [5, 5.41) is 0. The normalized spacial score (nSPS) is 19.4. The van der Waals surface area contributed by atoms with Crippen molar-refractivity contribution in [3.8, 4) is 0 Å². The Balaban J connectivity index is 2.11. The van der Waals surface area contributed by atoms with E-state index in [1.165, 1.54) is 22.6 Å². The molecular formula is C13H23N5O2S. The van der Waals surface area contributed by atoms with Crippen LogP contribution < -0.4 is 11.3 Å². The first-order valence-electron chi connectivity index (χ1n) is 7.16. The Morgan fingerprint density at radius 2 is 2.05 bits per heavy atom. The lowest BCUT2D eigenvalue weighted by atomic mass is 10.2. The van der Waals surface area contributed by atoms with Gasteiger partial charge in [0.05, 0.1) is 4.90 Å². The molecule has 2 rings (SSSR count). The van der Waals surface area contributed by atoms with E-state index in [0.29, 0.717) is 24.9 Å². The van der Waals surface area contributed by atoms with E-state index in [0.717, 1.165) is 19.5 Å². The van der Waals surface area contributed by atoms with Gasteiger partial charge in [-0.2, -0.15) is 4.31 Å². The fraction of sp³-hybridized carbons (Fsp3) is 0.615. The second-order valence-electron chi connectivity index (χ2n) is 5.22. The van der Waals surface area contributed by atoms with E-state index in [1.54, 1.807) is 0 Å². The summed E-state index contributed by atoms with van der Waals surface area (Å²) in [4.78, 5) is 6.48. The molecule has 1 atom stereocenters. The van der Waals surface area contributed by atoms with E-state index < -0.39 is 10.0 Å². The van der Waals surface area contributed by atoms with Gasteiger partial charge in [-0.3, -0.25) is 4.90 Å². The van der Waals surface area contributed by atoms with Crippen molar-refractivity contribution in [3.63, 3.8) is 0 Å². The van der Waals surface area contributed by atoms with Crippen LogP contribution in [0.15, 0.2) is 23.2 Å². The maximum Gasteiger partial charge on any atom is 0.243 e. The van der Waals surface area contributed by atoms with Crippen LogP contribution >= 0.6 is 0 Å². The van der Waals surface area contributed by atoms with Crippen molar-refractivity contribution in [3.05, 3.63) is 18.3 Å². The Labute approximate surface area is 126 Å². The summed E-state index contributed by atoms with van der Waals surface area (Å²) in [5.74, 6) is 5.62. The van der Waals surface area contributed by atoms with E-state index in [9.17, 15) is 8.42 Å². The average molecular weight is 313 g/mol. The smallest absolute Gasteiger partial charge is 0.243 e. The zero-order valence-corrected chi connectivity index (χ0v) is 13.3. The summed E-state index contributed by atoms with van der Waals surface area (Å²) >= 11 is 0. The van der Waals surface area contributed by atoms with Crippen LogP contribution in [-0.4, -0.2) is 54.8 Å². The lowest BCUT2D eigenvalue weighted by molar-refractivity contribution is 0.142. The third kappa shape index (κ3) is 3.52. The summed E-state index contributed by atoms with van der Waals surface area (Å²) in [5.41, 5.74) is 2.37. The molecule has 2 heterocycles. The highest BCUT2D eigenvalue weighted by molar-refractivity contribution is 7.89. The van der Waals surface area contributed by atoms with Gasteiger partial charge in [0, 0.05) is 44.5 Å². The van der Waals surface area contributed by atoms with Gasteiger partial charge >= 0.3 is 0 Å². The minimum Gasteiger partial charge on any atom is -0.308 e. The Morgan fingerprint density at radius 3 is 2.62 bits per heavy atom. The van der Waals surface area contributed by atoms with Crippen molar-refractivity contribution >= 4 is 15.8 Å². The van der Waals surface area contributed by atoms with Gasteiger partial charge in [0.2, 0.25) is 10.0 Å². The van der Waals surface area contributed by atoms with Gasteiger partial charge in [-0.05, 0) is 19.4 Å². The molecule has 21 heavy (non-hydrogen) atoms. The SMILES string of the molecule is CCC(C)N1CCN(S(=O)(=O)c2ccnc(NN)c2)CC1. The Hall–Kier alpha value is -1.22. The van der Waals surface area contributed by atoms with Gasteiger partial charge in [0.25, 0.3) is 0 Å². The van der Waals surface area contributed by atoms with Crippen LogP contribution in [0.1, 0.15) is 20.3 Å². The topological polar surface area (TPSA) is 91.6 Å². The average Bonchev–Trinajstić information content (AvgIpc) is 2.54. The lowest BCUT2D eigenvalue weighted by Crippen LogP contribution is -2.51. The molecule has 0 radical (unpaired) electrons. The number of rotatable bonds is 5. The summed E-state index contributed by atoms with van der Waals surface area (Å²) in [7, 11) is -3.48. The molecule has 0 aliphatic carbocycles. The molecule has 8 heteroatoms. The minimum absolute atomic E-state index is 0.224. The van der Waals surface area contributed by atoms with E-state index >= 15 is 0 Å². The fourth-order valence-corrected chi connectivity index (χ4v) is 3.88. The summed E-state index contributed by atoms with van der Waals surface area (Å²) in [6, 6.07) is 3.44. The van der Waals surface area contributed by atoms with Crippen LogP contribution in [0, 0.1) is 0 Å². The monoisotopic (exact) mass is 313 g/mol. The number of nitrogens with two attached hydrogens (primary N) is 1. The molecule has 0 amide bonds. The molecule has 0 saturated carbocycles. The van der Waals surface area contributed by atoms with Crippen LogP contribution in [0.3, 0.4) is 0 Å². The van der Waals surface area contributed by atoms with Crippen molar-refractivity contribution in [1.29, 1.82) is 0 Å². The van der Waals surface area contributed by atoms with Crippen molar-refractivity contribution in [2.45, 2.75) is 31.2 Å². The molecule has 118 valence electrons. The van der Waals surface area contributed by atoms with E-state index in [2.05, 4.69) is 29.2 Å². The second-order valence-corrected chi connectivity index (χ2v) is 7.16. The number of pyridine rings is 1. The van der Waals surface area contributed by atoms with Crippen LogP contribution in [0.4, 0.5) is 5.82 Å². The Bertz CT molecular complexity index is 570. The van der Waals surface area contributed by atoms with E-state index in [-0.39, 0.29) is 4.90 Å². The number of nitrogens with one attached hydrogen (secondary N) is 1. The number of piperazine rings is 1. The summed E-state index contributed by atoms with van der Waals surface area (Å²) in [6.45, 7) is 6.88. The quantitative estimate of drug-likeness (QED) is 0.606. The van der Waals surface area contributed by atoms with Gasteiger partial charge in [0.1, 0.15) is 5.82 Å². The molecule has 1 aromatic rings. The molecular weight excluding hydrogens is 290 g/mol. The third-order valence-electron chi connectivity index (χ3n) is 4.00. The van der Waals surface area contributed by atoms with Crippen molar-refractivity contribution in [2.75, 3.05) is 31.6 Å². The Kier molecular flexibility index (Phi) is 5.15. The predicted molar refractivity (Wildman–Crippen MR) is 82.1 cm³/mol. The number of nitrogen functional groups attached to an aromatic ring is 1. The molecule has 1 aromatic heterocycles. The number of aromatic nitrogens is 1. The molecule has 1 fully saturated rings. The molecule has 0 aromatic carbocycles. The first kappa shape index (κ1) is 16.2. The van der Waals surface area contributed by atoms with E-state index in [4.69, 9.17) is 5.84 Å². The van der Waals surface area contributed by atoms with Gasteiger partial charge in [-0.25, -0.2) is 19.2 Å². The molecule has 1 aliphatic rings. The standard InChI is InChI=1S/C13H23N5O2S/c1-3-11(2)17-6-8-18(9-7-17)21(19,20)12-4-5-15-13(10-12)16-14/h4-5,10-11H,3,6-9,14H2,1-2H3,(H,15,16). The number of anilines is 1. The van der Waals surface area contributed by atoms with Crippen molar-refractivity contribution < 1.29 is 8.42 Å². The van der Waals surface area contributed by atoms with Gasteiger partial charge < -0.3 is 5.43 Å². The highest BCUT2D eigenvalue weighted by atomic mass is 32.2. The lowest BCUT2D eigenvalue weighted by Gasteiger charge is -2.37. The fourth-order valence-electron chi connectivity index (χ4n) is 2.44. The molecule has 3 N–H and O–H groups in total. The number of nitrogens with zero attached hydrogens (tertiary/aromatic N) is 3. The summed E-state index contributed by atoms with van der Waals surface area (Å²) < 4.78 is 26.8. The molecule has 1 saturated heterocycles. The zero-order chi connectivity index (χ0) is 15.5. The minimum atomic E-state index is -3.48. The first-order valence-corrected chi connectivity index (χ1v) is 8.60. The molecule has 0 bridgehead atoms. The largest absolute Gasteiger partial charge is 0.308 e. The molecule has 1 unspecified atom stereocenters. The number of sulfonamides is 1. The summed E-state index contributed by atoms with van der Waals surface area (Å²) in [6.07, 6.45) is 2.51. The molecule has 7 nitrogen and oxygen atoms in total. The molecule has 0 spiro atoms. The van der Waals surface area contributed by atoms with Crippen LogP contribution in [0.5, 0.6) is 0 Å².